The minimum Gasteiger partial charge on any atom is -0.270 e. The molecule has 25 heavy (non-hydrogen) atoms. The largest absolute Gasteiger partial charge is 0.270 e. The fourth-order valence-corrected chi connectivity index (χ4v) is 4.93. The SMILES string of the molecule is O=C1c2ccccc2C(=O)N1C1CCN(S(=O)(=O)c2ccccc2)C1. The Bertz CT molecular complexity index is 921. The van der Waals surface area contributed by atoms with E-state index in [1.54, 1.807) is 54.6 Å². The van der Waals surface area contributed by atoms with Gasteiger partial charge in [-0.25, -0.2) is 8.42 Å². The molecule has 2 aromatic rings. The van der Waals surface area contributed by atoms with Gasteiger partial charge in [-0.15, -0.1) is 0 Å². The molecule has 0 saturated carbocycles. The van der Waals surface area contributed by atoms with E-state index in [0.717, 1.165) is 0 Å². The van der Waals surface area contributed by atoms with E-state index in [-0.39, 0.29) is 29.8 Å². The summed E-state index contributed by atoms with van der Waals surface area (Å²) < 4.78 is 26.8. The molecular weight excluding hydrogens is 340 g/mol. The lowest BCUT2D eigenvalue weighted by Crippen LogP contribution is -2.42. The molecule has 128 valence electrons. The van der Waals surface area contributed by atoms with Gasteiger partial charge in [0.25, 0.3) is 11.8 Å². The van der Waals surface area contributed by atoms with E-state index in [0.29, 0.717) is 17.5 Å². The third-order valence-electron chi connectivity index (χ3n) is 4.70. The summed E-state index contributed by atoms with van der Waals surface area (Å²) in [4.78, 5) is 26.5. The first-order valence-corrected chi connectivity index (χ1v) is 9.46. The molecule has 2 heterocycles. The van der Waals surface area contributed by atoms with E-state index >= 15 is 0 Å². The van der Waals surface area contributed by atoms with E-state index in [1.807, 2.05) is 0 Å². The van der Waals surface area contributed by atoms with Gasteiger partial charge in [0.15, 0.2) is 0 Å². The Balaban J connectivity index is 1.58. The van der Waals surface area contributed by atoms with E-state index < -0.39 is 16.1 Å². The molecule has 0 bridgehead atoms. The average Bonchev–Trinajstić information content (AvgIpc) is 3.21. The number of fused-ring (bicyclic) bond motifs is 1. The molecular formula is C18H16N2O4S. The van der Waals surface area contributed by atoms with Crippen molar-refractivity contribution >= 4 is 21.8 Å². The summed E-state index contributed by atoms with van der Waals surface area (Å²) in [6.07, 6.45) is 0.442. The van der Waals surface area contributed by atoms with Crippen molar-refractivity contribution in [2.75, 3.05) is 13.1 Å². The molecule has 1 atom stereocenters. The standard InChI is InChI=1S/C18H16N2O4S/c21-17-15-8-4-5-9-16(15)18(22)20(17)13-10-11-19(12-13)25(23,24)14-6-2-1-3-7-14/h1-9,13H,10-12H2. The molecule has 0 N–H and O–H groups in total. The number of carbonyl (C=O) groups is 2. The van der Waals surface area contributed by atoms with E-state index in [4.69, 9.17) is 0 Å². The zero-order valence-electron chi connectivity index (χ0n) is 13.3. The zero-order chi connectivity index (χ0) is 17.6. The van der Waals surface area contributed by atoms with Gasteiger partial charge in [0, 0.05) is 13.1 Å². The third kappa shape index (κ3) is 2.47. The smallest absolute Gasteiger partial charge is 0.261 e. The molecule has 2 aliphatic heterocycles. The first-order chi connectivity index (χ1) is 12.0. The first kappa shape index (κ1) is 16.0. The molecule has 0 spiro atoms. The Kier molecular flexibility index (Phi) is 3.70. The zero-order valence-corrected chi connectivity index (χ0v) is 14.1. The Labute approximate surface area is 145 Å². The number of rotatable bonds is 3. The van der Waals surface area contributed by atoms with Crippen LogP contribution in [0.5, 0.6) is 0 Å². The summed E-state index contributed by atoms with van der Waals surface area (Å²) in [7, 11) is -3.62. The number of amides is 2. The molecule has 1 saturated heterocycles. The lowest BCUT2D eigenvalue weighted by molar-refractivity contribution is 0.0593. The van der Waals surface area contributed by atoms with Gasteiger partial charge >= 0.3 is 0 Å². The van der Waals surface area contributed by atoms with Crippen molar-refractivity contribution in [3.8, 4) is 0 Å². The predicted octanol–water partition coefficient (Wildman–Crippen LogP) is 1.75. The summed E-state index contributed by atoms with van der Waals surface area (Å²) in [5.41, 5.74) is 0.772. The summed E-state index contributed by atoms with van der Waals surface area (Å²) in [5, 5.41) is 0. The molecule has 1 fully saturated rings. The molecule has 4 rings (SSSR count). The quantitative estimate of drug-likeness (QED) is 0.785. The van der Waals surface area contributed by atoms with Crippen LogP contribution in [-0.4, -0.2) is 48.6 Å². The second-order valence-electron chi connectivity index (χ2n) is 6.14. The van der Waals surface area contributed by atoms with Crippen molar-refractivity contribution in [1.29, 1.82) is 0 Å². The number of nitrogens with zero attached hydrogens (tertiary/aromatic N) is 2. The minimum atomic E-state index is -3.62. The van der Waals surface area contributed by atoms with Crippen molar-refractivity contribution in [3.63, 3.8) is 0 Å². The number of hydrogen-bond acceptors (Lipinski definition) is 4. The normalized spacial score (nSPS) is 21.0. The predicted molar refractivity (Wildman–Crippen MR) is 90.5 cm³/mol. The molecule has 7 heteroatoms. The molecule has 1 unspecified atom stereocenters. The summed E-state index contributed by atoms with van der Waals surface area (Å²) in [6.45, 7) is 0.415. The Hall–Kier alpha value is -2.51. The fraction of sp³-hybridized carbons (Fsp3) is 0.222. The summed E-state index contributed by atoms with van der Waals surface area (Å²) in [6, 6.07) is 14.4. The highest BCUT2D eigenvalue weighted by molar-refractivity contribution is 7.89. The average molecular weight is 356 g/mol. The Morgan fingerprint density at radius 3 is 2.00 bits per heavy atom. The van der Waals surface area contributed by atoms with Crippen LogP contribution in [0.15, 0.2) is 59.5 Å². The van der Waals surface area contributed by atoms with Gasteiger partial charge in [0.1, 0.15) is 0 Å². The molecule has 0 aromatic heterocycles. The monoisotopic (exact) mass is 356 g/mol. The third-order valence-corrected chi connectivity index (χ3v) is 6.58. The van der Waals surface area contributed by atoms with Crippen LogP contribution in [0.3, 0.4) is 0 Å². The second kappa shape index (κ2) is 5.79. The lowest BCUT2D eigenvalue weighted by atomic mass is 10.1. The van der Waals surface area contributed by atoms with Gasteiger partial charge in [-0.2, -0.15) is 4.31 Å². The maximum Gasteiger partial charge on any atom is 0.261 e. The maximum atomic E-state index is 12.7. The van der Waals surface area contributed by atoms with Gasteiger partial charge in [0.2, 0.25) is 10.0 Å². The van der Waals surface area contributed by atoms with E-state index in [2.05, 4.69) is 0 Å². The van der Waals surface area contributed by atoms with Crippen LogP contribution in [0.2, 0.25) is 0 Å². The number of benzene rings is 2. The van der Waals surface area contributed by atoms with Gasteiger partial charge in [-0.1, -0.05) is 30.3 Å². The number of sulfonamides is 1. The van der Waals surface area contributed by atoms with Gasteiger partial charge in [0.05, 0.1) is 22.1 Å². The number of imide groups is 1. The lowest BCUT2D eigenvalue weighted by Gasteiger charge is -2.22. The van der Waals surface area contributed by atoms with Crippen molar-refractivity contribution in [2.45, 2.75) is 17.4 Å². The van der Waals surface area contributed by atoms with E-state index in [9.17, 15) is 18.0 Å². The van der Waals surface area contributed by atoms with Crippen molar-refractivity contribution in [2.24, 2.45) is 0 Å². The van der Waals surface area contributed by atoms with E-state index in [1.165, 1.54) is 9.21 Å². The summed E-state index contributed by atoms with van der Waals surface area (Å²) in [5.74, 6) is -0.686. The molecule has 6 nitrogen and oxygen atoms in total. The Morgan fingerprint density at radius 2 is 1.40 bits per heavy atom. The van der Waals surface area contributed by atoms with Crippen LogP contribution in [0, 0.1) is 0 Å². The van der Waals surface area contributed by atoms with Gasteiger partial charge in [-0.05, 0) is 30.7 Å². The number of hydrogen-bond donors (Lipinski definition) is 0. The van der Waals surface area contributed by atoms with Crippen molar-refractivity contribution in [1.82, 2.24) is 9.21 Å². The molecule has 2 aliphatic rings. The van der Waals surface area contributed by atoms with Gasteiger partial charge in [-0.3, -0.25) is 14.5 Å². The second-order valence-corrected chi connectivity index (χ2v) is 8.08. The molecule has 0 radical (unpaired) electrons. The number of carbonyl (C=O) groups excluding carboxylic acids is 2. The van der Waals surface area contributed by atoms with Gasteiger partial charge < -0.3 is 0 Å². The van der Waals surface area contributed by atoms with Crippen LogP contribution in [-0.2, 0) is 10.0 Å². The van der Waals surface area contributed by atoms with Crippen LogP contribution in [0.1, 0.15) is 27.1 Å². The molecule has 0 aliphatic carbocycles. The molecule has 2 aromatic carbocycles. The first-order valence-electron chi connectivity index (χ1n) is 8.02. The van der Waals surface area contributed by atoms with Crippen LogP contribution < -0.4 is 0 Å². The Morgan fingerprint density at radius 1 is 0.840 bits per heavy atom. The van der Waals surface area contributed by atoms with Crippen LogP contribution in [0.25, 0.3) is 0 Å². The van der Waals surface area contributed by atoms with Crippen LogP contribution in [0.4, 0.5) is 0 Å². The van der Waals surface area contributed by atoms with Crippen molar-refractivity contribution in [3.05, 3.63) is 65.7 Å². The molecule has 2 amide bonds. The minimum absolute atomic E-state index is 0.128. The topological polar surface area (TPSA) is 74.8 Å². The highest BCUT2D eigenvalue weighted by Crippen LogP contribution is 2.30. The highest BCUT2D eigenvalue weighted by Gasteiger charge is 2.44. The maximum absolute atomic E-state index is 12.7. The highest BCUT2D eigenvalue weighted by atomic mass is 32.2. The summed E-state index contributed by atoms with van der Waals surface area (Å²) >= 11 is 0. The fourth-order valence-electron chi connectivity index (χ4n) is 3.42. The van der Waals surface area contributed by atoms with Crippen molar-refractivity contribution < 1.29 is 18.0 Å². The van der Waals surface area contributed by atoms with Crippen LogP contribution >= 0.6 is 0 Å².